The van der Waals surface area contributed by atoms with Gasteiger partial charge in [0.15, 0.2) is 5.76 Å². The van der Waals surface area contributed by atoms with Crippen molar-refractivity contribution in [1.82, 2.24) is 5.16 Å². The molecule has 0 amide bonds. The van der Waals surface area contributed by atoms with Gasteiger partial charge in [-0.1, -0.05) is 60.8 Å². The van der Waals surface area contributed by atoms with Crippen molar-refractivity contribution in [3.8, 4) is 11.3 Å². The second-order valence-electron chi connectivity index (χ2n) is 8.38. The van der Waals surface area contributed by atoms with Crippen LogP contribution in [0.3, 0.4) is 0 Å². The predicted molar refractivity (Wildman–Crippen MR) is 125 cm³/mol. The molecular formula is C24H29N3O5P+. The number of pyridine rings is 1. The summed E-state index contributed by atoms with van der Waals surface area (Å²) in [4.78, 5) is 17.8. The highest BCUT2D eigenvalue weighted by molar-refractivity contribution is 7.46. The molecule has 1 fully saturated rings. The van der Waals surface area contributed by atoms with Gasteiger partial charge in [-0.2, -0.15) is 0 Å². The van der Waals surface area contributed by atoms with Crippen LogP contribution in [0.25, 0.3) is 17.4 Å². The Morgan fingerprint density at radius 1 is 1.18 bits per heavy atom. The zero-order chi connectivity index (χ0) is 23.3. The Balaban J connectivity index is 1.41. The van der Waals surface area contributed by atoms with Crippen LogP contribution in [0, 0.1) is 5.92 Å². The average Bonchev–Trinajstić information content (AvgIpc) is 3.26. The number of rotatable bonds is 8. The van der Waals surface area contributed by atoms with E-state index in [2.05, 4.69) is 46.1 Å². The van der Waals surface area contributed by atoms with Gasteiger partial charge in [-0.25, -0.2) is 13.7 Å². The monoisotopic (exact) mass is 470 g/mol. The van der Waals surface area contributed by atoms with Gasteiger partial charge in [0.05, 0.1) is 11.9 Å². The number of hydrogen-bond acceptors (Lipinski definition) is 5. The second kappa shape index (κ2) is 10.4. The van der Waals surface area contributed by atoms with Crippen LogP contribution >= 0.6 is 7.82 Å². The summed E-state index contributed by atoms with van der Waals surface area (Å²) in [5.74, 6) is 1.43. The third kappa shape index (κ3) is 6.62. The van der Waals surface area contributed by atoms with Crippen molar-refractivity contribution in [1.29, 1.82) is 0 Å². The number of nitrogen functional groups attached to an aromatic ring is 1. The van der Waals surface area contributed by atoms with Gasteiger partial charge >= 0.3 is 7.82 Å². The van der Waals surface area contributed by atoms with Gasteiger partial charge in [0, 0.05) is 12.5 Å². The summed E-state index contributed by atoms with van der Waals surface area (Å²) in [5.41, 5.74) is 9.79. The molecule has 0 spiro atoms. The van der Waals surface area contributed by atoms with Crippen molar-refractivity contribution in [3.05, 3.63) is 71.6 Å². The molecule has 0 bridgehead atoms. The van der Waals surface area contributed by atoms with Crippen molar-refractivity contribution in [2.45, 2.75) is 45.3 Å². The fourth-order valence-corrected chi connectivity index (χ4v) is 4.35. The molecule has 1 aliphatic rings. The third-order valence-electron chi connectivity index (χ3n) is 5.88. The summed E-state index contributed by atoms with van der Waals surface area (Å²) < 4.78 is 22.4. The summed E-state index contributed by atoms with van der Waals surface area (Å²) in [5, 5.41) is 4.15. The molecule has 33 heavy (non-hydrogen) atoms. The van der Waals surface area contributed by atoms with E-state index in [1.165, 1.54) is 42.2 Å². The highest BCUT2D eigenvalue weighted by Crippen LogP contribution is 2.35. The number of benzene rings is 1. The van der Waals surface area contributed by atoms with E-state index in [1.54, 1.807) is 18.3 Å². The summed E-state index contributed by atoms with van der Waals surface area (Å²) in [6.07, 6.45) is 13.4. The highest BCUT2D eigenvalue weighted by atomic mass is 31.2. The summed E-state index contributed by atoms with van der Waals surface area (Å²) in [7, 11) is -4.61. The number of hydrogen-bond donors (Lipinski definition) is 3. The molecule has 0 unspecified atom stereocenters. The van der Waals surface area contributed by atoms with E-state index >= 15 is 0 Å². The minimum absolute atomic E-state index is 0.253. The van der Waals surface area contributed by atoms with Gasteiger partial charge < -0.3 is 14.3 Å². The first-order valence-electron chi connectivity index (χ1n) is 11.1. The maximum atomic E-state index is 11.0. The fraction of sp³-hybridized carbons (Fsp3) is 0.333. The molecule has 1 aromatic carbocycles. The highest BCUT2D eigenvalue weighted by Gasteiger charge is 2.20. The number of phosphoric acid groups is 1. The Labute approximate surface area is 192 Å². The molecule has 8 nitrogen and oxygen atoms in total. The van der Waals surface area contributed by atoms with E-state index in [-0.39, 0.29) is 12.5 Å². The molecule has 1 aliphatic carbocycles. The molecule has 4 rings (SSSR count). The fourth-order valence-electron chi connectivity index (χ4n) is 4.07. The number of phosphoric ester groups is 1. The topological polar surface area (TPSA) is 123 Å². The minimum atomic E-state index is -4.61. The quantitative estimate of drug-likeness (QED) is 0.328. The summed E-state index contributed by atoms with van der Waals surface area (Å²) >= 11 is 0. The van der Waals surface area contributed by atoms with Gasteiger partial charge in [-0.05, 0) is 42.0 Å². The van der Waals surface area contributed by atoms with Crippen LogP contribution in [0.15, 0.2) is 59.3 Å². The lowest BCUT2D eigenvalue weighted by molar-refractivity contribution is -0.711. The first-order chi connectivity index (χ1) is 15.9. The van der Waals surface area contributed by atoms with Crippen LogP contribution in [-0.4, -0.2) is 14.9 Å². The minimum Gasteiger partial charge on any atom is -0.356 e. The largest absolute Gasteiger partial charge is 0.472 e. The Hall–Kier alpha value is -2.77. The molecule has 2 heterocycles. The maximum Gasteiger partial charge on any atom is 0.472 e. The normalized spacial score (nSPS) is 15.3. The summed E-state index contributed by atoms with van der Waals surface area (Å²) in [6, 6.07) is 13.7. The van der Waals surface area contributed by atoms with E-state index in [0.717, 1.165) is 11.3 Å². The van der Waals surface area contributed by atoms with Gasteiger partial charge in [0.1, 0.15) is 5.56 Å². The van der Waals surface area contributed by atoms with Crippen LogP contribution in [0.5, 0.6) is 0 Å². The smallest absolute Gasteiger partial charge is 0.356 e. The van der Waals surface area contributed by atoms with Crippen LogP contribution in [0.2, 0.25) is 0 Å². The van der Waals surface area contributed by atoms with E-state index in [0.29, 0.717) is 23.7 Å². The molecule has 0 radical (unpaired) electrons. The van der Waals surface area contributed by atoms with E-state index in [4.69, 9.17) is 20.0 Å². The Morgan fingerprint density at radius 3 is 2.67 bits per heavy atom. The number of nitrogens with two attached hydrogens (primary N) is 1. The SMILES string of the molecule is Nc1c(-c2cc(Cc3ccc(C=CC4CCCCC4)cc3)no2)ccc[n+]1COP(=O)(O)O. The van der Waals surface area contributed by atoms with E-state index in [1.807, 2.05) is 6.07 Å². The Kier molecular flexibility index (Phi) is 7.40. The van der Waals surface area contributed by atoms with E-state index < -0.39 is 7.82 Å². The molecular weight excluding hydrogens is 441 g/mol. The van der Waals surface area contributed by atoms with Crippen molar-refractivity contribution < 1.29 is 28.0 Å². The second-order valence-corrected chi connectivity index (χ2v) is 9.62. The van der Waals surface area contributed by atoms with Crippen molar-refractivity contribution in [3.63, 3.8) is 0 Å². The summed E-state index contributed by atoms with van der Waals surface area (Å²) in [6.45, 7) is -0.382. The maximum absolute atomic E-state index is 11.0. The van der Waals surface area contributed by atoms with Gasteiger partial charge in [0.2, 0.25) is 6.73 Å². The van der Waals surface area contributed by atoms with Crippen LogP contribution in [0.1, 0.15) is 48.9 Å². The molecule has 0 saturated heterocycles. The Bertz CT molecular complexity index is 1150. The van der Waals surface area contributed by atoms with Crippen LogP contribution in [0.4, 0.5) is 5.82 Å². The zero-order valence-electron chi connectivity index (χ0n) is 18.3. The zero-order valence-corrected chi connectivity index (χ0v) is 19.2. The molecule has 0 aliphatic heterocycles. The van der Waals surface area contributed by atoms with Gasteiger partial charge in [-0.15, -0.1) is 0 Å². The lowest BCUT2D eigenvalue weighted by atomic mass is 9.89. The molecule has 174 valence electrons. The predicted octanol–water partition coefficient (Wildman–Crippen LogP) is 4.46. The van der Waals surface area contributed by atoms with Crippen molar-refractivity contribution in [2.75, 3.05) is 5.73 Å². The number of anilines is 1. The van der Waals surface area contributed by atoms with Crippen LogP contribution < -0.4 is 10.3 Å². The first-order valence-corrected chi connectivity index (χ1v) is 12.6. The number of nitrogens with zero attached hydrogens (tertiary/aromatic N) is 2. The first kappa shape index (κ1) is 23.4. The van der Waals surface area contributed by atoms with Gasteiger partial charge in [-0.3, -0.25) is 5.73 Å². The third-order valence-corrected chi connectivity index (χ3v) is 6.33. The molecule has 0 atom stereocenters. The molecule has 2 aromatic heterocycles. The standard InChI is InChI=1S/C24H28N3O5P/c25-24-22(7-4-14-27(24)17-31-33(28,29)30)23-16-21(26-32-23)15-20-12-10-19(11-13-20)9-8-18-5-2-1-3-6-18/h4,7-14,16,18,25H,1-3,5-6,15,17H2,(H2,28,29,30)/p+1. The van der Waals surface area contributed by atoms with Crippen LogP contribution in [-0.2, 0) is 22.2 Å². The molecule has 1 saturated carbocycles. The molecule has 3 aromatic rings. The molecule has 9 heteroatoms. The molecule has 4 N–H and O–H groups in total. The van der Waals surface area contributed by atoms with Crippen molar-refractivity contribution in [2.24, 2.45) is 5.92 Å². The lowest BCUT2D eigenvalue weighted by Gasteiger charge is -2.17. The van der Waals surface area contributed by atoms with Crippen molar-refractivity contribution >= 4 is 19.7 Å². The average molecular weight is 470 g/mol. The lowest BCUT2D eigenvalue weighted by Crippen LogP contribution is -2.38. The number of allylic oxidation sites excluding steroid dienone is 1. The number of aromatic nitrogens is 2. The van der Waals surface area contributed by atoms with E-state index in [9.17, 15) is 4.57 Å². The Morgan fingerprint density at radius 2 is 1.94 bits per heavy atom. The van der Waals surface area contributed by atoms with Gasteiger partial charge in [0.25, 0.3) is 5.82 Å².